The minimum absolute atomic E-state index is 0.693. The third-order valence-corrected chi connectivity index (χ3v) is 5.47. The van der Waals surface area contributed by atoms with Gasteiger partial charge in [0, 0.05) is 36.1 Å². The third kappa shape index (κ3) is 2.97. The molecule has 1 fully saturated rings. The first-order valence-corrected chi connectivity index (χ1v) is 9.02. The van der Waals surface area contributed by atoms with Gasteiger partial charge in [0.15, 0.2) is 0 Å². The van der Waals surface area contributed by atoms with Gasteiger partial charge in [-0.1, -0.05) is 30.3 Å². The Morgan fingerprint density at radius 2 is 1.79 bits per heavy atom. The zero-order chi connectivity index (χ0) is 16.4. The molecule has 2 aromatic carbocycles. The second-order valence-corrected chi connectivity index (χ2v) is 7.05. The molecule has 3 nitrogen and oxygen atoms in total. The van der Waals surface area contributed by atoms with Gasteiger partial charge in [0.2, 0.25) is 0 Å². The fourth-order valence-corrected chi connectivity index (χ4v) is 4.03. The number of hydrogen-bond donors (Lipinski definition) is 0. The normalized spacial score (nSPS) is 14.1. The number of thiazole rings is 1. The lowest BCUT2D eigenvalue weighted by Crippen LogP contribution is -2.17. The van der Waals surface area contributed by atoms with Crippen molar-refractivity contribution in [1.82, 2.24) is 4.98 Å². The van der Waals surface area contributed by atoms with E-state index in [1.165, 1.54) is 18.5 Å². The SMILES string of the molecule is O=Cc1cccc(-c2cnc(-c3cccc(N4CCCC4)c3)s2)c1. The molecule has 120 valence electrons. The first-order valence-electron chi connectivity index (χ1n) is 8.20. The number of nitrogens with zero attached hydrogens (tertiary/aromatic N) is 2. The van der Waals surface area contributed by atoms with Gasteiger partial charge < -0.3 is 4.90 Å². The molecule has 0 amide bonds. The first-order chi connectivity index (χ1) is 11.8. The van der Waals surface area contributed by atoms with E-state index in [-0.39, 0.29) is 0 Å². The quantitative estimate of drug-likeness (QED) is 0.637. The molecule has 0 saturated carbocycles. The van der Waals surface area contributed by atoms with E-state index >= 15 is 0 Å². The van der Waals surface area contributed by atoms with Gasteiger partial charge in [-0.05, 0) is 36.6 Å². The van der Waals surface area contributed by atoms with Crippen LogP contribution in [0.1, 0.15) is 23.2 Å². The van der Waals surface area contributed by atoms with Crippen molar-refractivity contribution in [2.45, 2.75) is 12.8 Å². The standard InChI is InChI=1S/C20H18N2OS/c23-14-15-5-3-6-16(11-15)19-13-21-20(24-19)17-7-4-8-18(12-17)22-9-1-2-10-22/h3-8,11-14H,1-2,9-10H2. The van der Waals surface area contributed by atoms with E-state index in [4.69, 9.17) is 0 Å². The largest absolute Gasteiger partial charge is 0.372 e. The first kappa shape index (κ1) is 15.1. The van der Waals surface area contributed by atoms with E-state index < -0.39 is 0 Å². The molecule has 2 heterocycles. The molecule has 0 bridgehead atoms. The third-order valence-electron chi connectivity index (χ3n) is 4.38. The molecule has 1 saturated heterocycles. The highest BCUT2D eigenvalue weighted by molar-refractivity contribution is 7.18. The topological polar surface area (TPSA) is 33.2 Å². The van der Waals surface area contributed by atoms with Crippen molar-refractivity contribution in [1.29, 1.82) is 0 Å². The maximum Gasteiger partial charge on any atom is 0.150 e. The number of hydrogen-bond acceptors (Lipinski definition) is 4. The van der Waals surface area contributed by atoms with Crippen LogP contribution in [0.2, 0.25) is 0 Å². The molecule has 0 spiro atoms. The van der Waals surface area contributed by atoms with Gasteiger partial charge in [-0.15, -0.1) is 11.3 Å². The van der Waals surface area contributed by atoms with E-state index in [9.17, 15) is 4.79 Å². The summed E-state index contributed by atoms with van der Waals surface area (Å²) in [6, 6.07) is 16.3. The lowest BCUT2D eigenvalue weighted by atomic mass is 10.1. The van der Waals surface area contributed by atoms with Crippen LogP contribution in [0.3, 0.4) is 0 Å². The Bertz CT molecular complexity index is 865. The minimum Gasteiger partial charge on any atom is -0.372 e. The summed E-state index contributed by atoms with van der Waals surface area (Å²) in [5, 5.41) is 1.02. The highest BCUT2D eigenvalue weighted by atomic mass is 32.1. The summed E-state index contributed by atoms with van der Waals surface area (Å²) in [4.78, 5) is 19.1. The number of aldehydes is 1. The lowest BCUT2D eigenvalue weighted by Gasteiger charge is -2.17. The molecule has 0 radical (unpaired) electrons. The summed E-state index contributed by atoms with van der Waals surface area (Å²) < 4.78 is 0. The summed E-state index contributed by atoms with van der Waals surface area (Å²) >= 11 is 1.66. The summed E-state index contributed by atoms with van der Waals surface area (Å²) in [5.74, 6) is 0. The number of aromatic nitrogens is 1. The predicted octanol–water partition coefficient (Wildman–Crippen LogP) is 4.89. The molecular weight excluding hydrogens is 316 g/mol. The van der Waals surface area contributed by atoms with Crippen LogP contribution in [0.5, 0.6) is 0 Å². The number of rotatable bonds is 4. The molecule has 1 aliphatic rings. The second-order valence-electron chi connectivity index (χ2n) is 6.02. The number of carbonyl (C=O) groups is 1. The number of benzene rings is 2. The van der Waals surface area contributed by atoms with Crippen molar-refractivity contribution < 1.29 is 4.79 Å². The minimum atomic E-state index is 0.693. The zero-order valence-corrected chi connectivity index (χ0v) is 14.1. The Labute approximate surface area is 145 Å². The fourth-order valence-electron chi connectivity index (χ4n) is 3.12. The molecule has 1 aliphatic heterocycles. The van der Waals surface area contributed by atoms with Gasteiger partial charge in [0.05, 0.1) is 4.88 Å². The predicted molar refractivity (Wildman–Crippen MR) is 99.8 cm³/mol. The van der Waals surface area contributed by atoms with Crippen molar-refractivity contribution in [3.8, 4) is 21.0 Å². The Hall–Kier alpha value is -2.46. The van der Waals surface area contributed by atoms with Crippen LogP contribution < -0.4 is 4.90 Å². The zero-order valence-electron chi connectivity index (χ0n) is 13.3. The van der Waals surface area contributed by atoms with Gasteiger partial charge in [-0.25, -0.2) is 4.98 Å². The molecule has 4 rings (SSSR count). The number of anilines is 1. The maximum atomic E-state index is 11.0. The van der Waals surface area contributed by atoms with E-state index in [1.54, 1.807) is 11.3 Å². The van der Waals surface area contributed by atoms with Crippen molar-refractivity contribution >= 4 is 23.3 Å². The van der Waals surface area contributed by atoms with Crippen LogP contribution in [-0.2, 0) is 0 Å². The summed E-state index contributed by atoms with van der Waals surface area (Å²) in [7, 11) is 0. The average Bonchev–Trinajstić information content (AvgIpc) is 3.34. The maximum absolute atomic E-state index is 11.0. The molecule has 1 aromatic heterocycles. The van der Waals surface area contributed by atoms with Crippen molar-refractivity contribution in [2.24, 2.45) is 0 Å². The van der Waals surface area contributed by atoms with Crippen LogP contribution in [0.25, 0.3) is 21.0 Å². The molecule has 4 heteroatoms. The molecule has 3 aromatic rings. The summed E-state index contributed by atoms with van der Waals surface area (Å²) in [6.07, 6.45) is 5.33. The molecule has 0 aliphatic carbocycles. The van der Waals surface area contributed by atoms with Crippen LogP contribution in [-0.4, -0.2) is 24.4 Å². The van der Waals surface area contributed by atoms with Crippen LogP contribution in [0, 0.1) is 0 Å². The van der Waals surface area contributed by atoms with Gasteiger partial charge in [-0.2, -0.15) is 0 Å². The van der Waals surface area contributed by atoms with Crippen LogP contribution in [0.15, 0.2) is 54.7 Å². The summed E-state index contributed by atoms with van der Waals surface area (Å²) in [6.45, 7) is 2.29. The second kappa shape index (κ2) is 6.57. The molecule has 0 atom stereocenters. The van der Waals surface area contributed by atoms with E-state index in [2.05, 4.69) is 34.1 Å². The lowest BCUT2D eigenvalue weighted by molar-refractivity contribution is 0.112. The Kier molecular flexibility index (Phi) is 4.13. The van der Waals surface area contributed by atoms with Crippen molar-refractivity contribution in [3.05, 3.63) is 60.3 Å². The Balaban J connectivity index is 1.64. The average molecular weight is 334 g/mol. The smallest absolute Gasteiger partial charge is 0.150 e. The van der Waals surface area contributed by atoms with E-state index in [0.717, 1.165) is 40.4 Å². The van der Waals surface area contributed by atoms with E-state index in [1.807, 2.05) is 30.5 Å². The molecule has 24 heavy (non-hydrogen) atoms. The number of carbonyl (C=O) groups excluding carboxylic acids is 1. The van der Waals surface area contributed by atoms with Crippen LogP contribution >= 0.6 is 11.3 Å². The van der Waals surface area contributed by atoms with Crippen molar-refractivity contribution in [3.63, 3.8) is 0 Å². The Morgan fingerprint density at radius 1 is 1.00 bits per heavy atom. The van der Waals surface area contributed by atoms with Crippen molar-refractivity contribution in [2.75, 3.05) is 18.0 Å². The Morgan fingerprint density at radius 3 is 2.62 bits per heavy atom. The highest BCUT2D eigenvalue weighted by Gasteiger charge is 2.14. The molecule has 0 N–H and O–H groups in total. The highest BCUT2D eigenvalue weighted by Crippen LogP contribution is 2.34. The summed E-state index contributed by atoms with van der Waals surface area (Å²) in [5.41, 5.74) is 4.17. The van der Waals surface area contributed by atoms with Gasteiger partial charge in [-0.3, -0.25) is 4.79 Å². The molecule has 0 unspecified atom stereocenters. The fraction of sp³-hybridized carbons (Fsp3) is 0.200. The van der Waals surface area contributed by atoms with E-state index in [0.29, 0.717) is 5.56 Å². The van der Waals surface area contributed by atoms with Crippen LogP contribution in [0.4, 0.5) is 5.69 Å². The van der Waals surface area contributed by atoms with Gasteiger partial charge in [0.25, 0.3) is 0 Å². The van der Waals surface area contributed by atoms with Gasteiger partial charge in [0.1, 0.15) is 11.3 Å². The monoisotopic (exact) mass is 334 g/mol. The van der Waals surface area contributed by atoms with Gasteiger partial charge >= 0.3 is 0 Å². The molecular formula is C20H18N2OS.